The standard InChI is InChI=1S/C17H26N2O/c1-2-12-5-3-4-6-16(12)17(19-18)13-7-8-14-10-20-11-15(14)9-13/h7-9,12,16-17,19H,2-6,10-11,18H2,1H3. The molecule has 2 aliphatic rings. The Hall–Kier alpha value is -0.900. The fraction of sp³-hybridized carbons (Fsp3) is 0.647. The molecule has 0 saturated heterocycles. The summed E-state index contributed by atoms with van der Waals surface area (Å²) in [5, 5.41) is 0. The lowest BCUT2D eigenvalue weighted by atomic mass is 9.72. The summed E-state index contributed by atoms with van der Waals surface area (Å²) in [4.78, 5) is 0. The summed E-state index contributed by atoms with van der Waals surface area (Å²) in [7, 11) is 0. The Kier molecular flexibility index (Phi) is 4.39. The van der Waals surface area contributed by atoms with Crippen LogP contribution >= 0.6 is 0 Å². The van der Waals surface area contributed by atoms with Gasteiger partial charge in [-0.05, 0) is 34.9 Å². The molecule has 3 nitrogen and oxygen atoms in total. The van der Waals surface area contributed by atoms with Gasteiger partial charge in [0.05, 0.1) is 13.2 Å². The molecule has 3 rings (SSSR count). The van der Waals surface area contributed by atoms with Crippen molar-refractivity contribution < 1.29 is 4.74 Å². The van der Waals surface area contributed by atoms with Crippen molar-refractivity contribution in [3.63, 3.8) is 0 Å². The first-order chi connectivity index (χ1) is 9.83. The second-order valence-electron chi connectivity index (χ2n) is 6.28. The molecule has 1 aliphatic heterocycles. The van der Waals surface area contributed by atoms with Crippen LogP contribution in [-0.4, -0.2) is 0 Å². The molecule has 0 radical (unpaired) electrons. The van der Waals surface area contributed by atoms with E-state index >= 15 is 0 Å². The molecule has 3 atom stereocenters. The van der Waals surface area contributed by atoms with Crippen LogP contribution in [0.25, 0.3) is 0 Å². The Bertz CT molecular complexity index is 460. The van der Waals surface area contributed by atoms with E-state index in [4.69, 9.17) is 10.6 Å². The minimum Gasteiger partial charge on any atom is -0.372 e. The normalized spacial score (nSPS) is 27.3. The molecular weight excluding hydrogens is 248 g/mol. The third kappa shape index (κ3) is 2.62. The van der Waals surface area contributed by atoms with E-state index in [0.717, 1.165) is 19.1 Å². The molecule has 110 valence electrons. The average molecular weight is 274 g/mol. The maximum Gasteiger partial charge on any atom is 0.0725 e. The largest absolute Gasteiger partial charge is 0.372 e. The Morgan fingerprint density at radius 1 is 1.25 bits per heavy atom. The van der Waals surface area contributed by atoms with Crippen molar-refractivity contribution in [2.75, 3.05) is 0 Å². The monoisotopic (exact) mass is 274 g/mol. The number of fused-ring (bicyclic) bond motifs is 1. The molecule has 3 N–H and O–H groups in total. The van der Waals surface area contributed by atoms with Crippen LogP contribution in [0.1, 0.15) is 61.8 Å². The van der Waals surface area contributed by atoms with Gasteiger partial charge in [0.15, 0.2) is 0 Å². The summed E-state index contributed by atoms with van der Waals surface area (Å²) in [6.07, 6.45) is 6.63. The van der Waals surface area contributed by atoms with Crippen molar-refractivity contribution in [3.05, 3.63) is 34.9 Å². The van der Waals surface area contributed by atoms with Gasteiger partial charge < -0.3 is 4.74 Å². The highest BCUT2D eigenvalue weighted by Crippen LogP contribution is 2.40. The van der Waals surface area contributed by atoms with Crippen LogP contribution in [0.4, 0.5) is 0 Å². The van der Waals surface area contributed by atoms with Crippen LogP contribution in [0.15, 0.2) is 18.2 Å². The lowest BCUT2D eigenvalue weighted by Gasteiger charge is -2.37. The molecule has 20 heavy (non-hydrogen) atoms. The molecule has 1 saturated carbocycles. The van der Waals surface area contributed by atoms with E-state index in [9.17, 15) is 0 Å². The van der Waals surface area contributed by atoms with Crippen molar-refractivity contribution >= 4 is 0 Å². The number of hydrogen-bond donors (Lipinski definition) is 2. The number of nitrogens with one attached hydrogen (secondary N) is 1. The molecule has 3 unspecified atom stereocenters. The first-order valence-electron chi connectivity index (χ1n) is 7.99. The maximum absolute atomic E-state index is 5.92. The molecule has 1 aliphatic carbocycles. The molecule has 1 aromatic rings. The minimum absolute atomic E-state index is 0.283. The van der Waals surface area contributed by atoms with Crippen LogP contribution < -0.4 is 11.3 Å². The number of hydrogen-bond acceptors (Lipinski definition) is 3. The van der Waals surface area contributed by atoms with Crippen LogP contribution in [0.3, 0.4) is 0 Å². The molecule has 0 spiro atoms. The van der Waals surface area contributed by atoms with Crippen molar-refractivity contribution in [3.8, 4) is 0 Å². The second kappa shape index (κ2) is 6.25. The quantitative estimate of drug-likeness (QED) is 0.653. The summed E-state index contributed by atoms with van der Waals surface area (Å²) in [6.45, 7) is 3.83. The van der Waals surface area contributed by atoms with E-state index in [1.165, 1.54) is 48.8 Å². The smallest absolute Gasteiger partial charge is 0.0725 e. The summed E-state index contributed by atoms with van der Waals surface area (Å²) in [5.41, 5.74) is 7.11. The van der Waals surface area contributed by atoms with E-state index in [-0.39, 0.29) is 6.04 Å². The first kappa shape index (κ1) is 14.1. The fourth-order valence-corrected chi connectivity index (χ4v) is 4.03. The number of hydrazine groups is 1. The maximum atomic E-state index is 5.92. The van der Waals surface area contributed by atoms with Gasteiger partial charge in [-0.3, -0.25) is 11.3 Å². The highest BCUT2D eigenvalue weighted by atomic mass is 16.5. The summed E-state index contributed by atoms with van der Waals surface area (Å²) < 4.78 is 5.52. The predicted octanol–water partition coefficient (Wildman–Crippen LogP) is 3.44. The van der Waals surface area contributed by atoms with Gasteiger partial charge in [-0.1, -0.05) is 50.8 Å². The molecular formula is C17H26N2O. The van der Waals surface area contributed by atoms with Gasteiger partial charge in [-0.2, -0.15) is 0 Å². The SMILES string of the molecule is CCC1CCCCC1C(NN)c1ccc2c(c1)COC2. The summed E-state index contributed by atoms with van der Waals surface area (Å²) in [6, 6.07) is 7.03. The number of benzene rings is 1. The zero-order valence-corrected chi connectivity index (χ0v) is 12.4. The summed E-state index contributed by atoms with van der Waals surface area (Å²) >= 11 is 0. The Morgan fingerprint density at radius 2 is 2.05 bits per heavy atom. The third-order valence-corrected chi connectivity index (χ3v) is 5.20. The minimum atomic E-state index is 0.283. The highest BCUT2D eigenvalue weighted by molar-refractivity contribution is 5.35. The first-order valence-corrected chi connectivity index (χ1v) is 7.99. The van der Waals surface area contributed by atoms with Gasteiger partial charge in [0.1, 0.15) is 0 Å². The van der Waals surface area contributed by atoms with E-state index in [0.29, 0.717) is 5.92 Å². The Balaban J connectivity index is 1.85. The van der Waals surface area contributed by atoms with Gasteiger partial charge in [0, 0.05) is 6.04 Å². The number of rotatable bonds is 4. The van der Waals surface area contributed by atoms with E-state index in [2.05, 4.69) is 30.5 Å². The van der Waals surface area contributed by atoms with Crippen molar-refractivity contribution in [1.29, 1.82) is 0 Å². The van der Waals surface area contributed by atoms with E-state index in [1.807, 2.05) is 0 Å². The highest BCUT2D eigenvalue weighted by Gasteiger charge is 2.31. The van der Waals surface area contributed by atoms with Crippen molar-refractivity contribution in [1.82, 2.24) is 5.43 Å². The predicted molar refractivity (Wildman–Crippen MR) is 80.7 cm³/mol. The van der Waals surface area contributed by atoms with Gasteiger partial charge in [0.2, 0.25) is 0 Å². The average Bonchev–Trinajstić information content (AvgIpc) is 2.96. The molecule has 0 aromatic heterocycles. The van der Waals surface area contributed by atoms with Crippen molar-refractivity contribution in [2.24, 2.45) is 17.7 Å². The van der Waals surface area contributed by atoms with Crippen LogP contribution in [0, 0.1) is 11.8 Å². The zero-order valence-electron chi connectivity index (χ0n) is 12.4. The second-order valence-corrected chi connectivity index (χ2v) is 6.28. The van der Waals surface area contributed by atoms with Gasteiger partial charge in [-0.15, -0.1) is 0 Å². The molecule has 1 heterocycles. The number of ether oxygens (including phenoxy) is 1. The molecule has 1 aromatic carbocycles. The van der Waals surface area contributed by atoms with Crippen LogP contribution in [0.2, 0.25) is 0 Å². The Morgan fingerprint density at radius 3 is 2.85 bits per heavy atom. The molecule has 0 bridgehead atoms. The Labute approximate surface area is 121 Å². The van der Waals surface area contributed by atoms with Gasteiger partial charge >= 0.3 is 0 Å². The fourth-order valence-electron chi connectivity index (χ4n) is 4.03. The zero-order chi connectivity index (χ0) is 13.9. The van der Waals surface area contributed by atoms with Crippen LogP contribution in [-0.2, 0) is 18.0 Å². The topological polar surface area (TPSA) is 47.3 Å². The van der Waals surface area contributed by atoms with Crippen LogP contribution in [0.5, 0.6) is 0 Å². The molecule has 1 fully saturated rings. The summed E-state index contributed by atoms with van der Waals surface area (Å²) in [5.74, 6) is 7.38. The van der Waals surface area contributed by atoms with E-state index < -0.39 is 0 Å². The lowest BCUT2D eigenvalue weighted by Crippen LogP contribution is -2.38. The number of nitrogens with two attached hydrogens (primary N) is 1. The van der Waals surface area contributed by atoms with E-state index in [1.54, 1.807) is 0 Å². The molecule has 0 amide bonds. The lowest BCUT2D eigenvalue weighted by molar-refractivity contribution is 0.134. The third-order valence-electron chi connectivity index (χ3n) is 5.20. The van der Waals surface area contributed by atoms with Gasteiger partial charge in [-0.25, -0.2) is 0 Å². The van der Waals surface area contributed by atoms with Crippen molar-refractivity contribution in [2.45, 2.75) is 58.3 Å². The molecule has 3 heteroatoms. The van der Waals surface area contributed by atoms with Gasteiger partial charge in [0.25, 0.3) is 0 Å².